The van der Waals surface area contributed by atoms with Gasteiger partial charge < -0.3 is 11.1 Å². The highest BCUT2D eigenvalue weighted by Crippen LogP contribution is 2.18. The molecule has 1 heterocycles. The van der Waals surface area contributed by atoms with Crippen LogP contribution in [0.15, 0.2) is 24.4 Å². The number of H-pyrrole nitrogens is 1. The summed E-state index contributed by atoms with van der Waals surface area (Å²) in [7, 11) is 0. The minimum Gasteiger partial charge on any atom is -0.394 e. The van der Waals surface area contributed by atoms with Gasteiger partial charge in [-0.15, -0.1) is 0 Å². The lowest BCUT2D eigenvalue weighted by Gasteiger charge is -2.04. The average Bonchev–Trinajstić information content (AvgIpc) is 2.68. The molecule has 2 aromatic rings. The Balaban J connectivity index is 2.20. The molecule has 5 nitrogen and oxygen atoms in total. The molecule has 0 aliphatic carbocycles. The number of nitrogens with two attached hydrogens (primary N) is 1. The Bertz CT molecular complexity index is 569. The summed E-state index contributed by atoms with van der Waals surface area (Å²) in [6, 6.07) is 3.68. The molecular formula is C10H8ClFN4O. The average molecular weight is 255 g/mol. The molecule has 0 unspecified atom stereocenters. The third-order valence-electron chi connectivity index (χ3n) is 2.09. The van der Waals surface area contributed by atoms with Crippen molar-refractivity contribution in [1.29, 1.82) is 0 Å². The number of anilines is 2. The van der Waals surface area contributed by atoms with Crippen LogP contribution in [-0.4, -0.2) is 16.1 Å². The number of nitrogens with one attached hydrogen (secondary N) is 2. The van der Waals surface area contributed by atoms with Crippen molar-refractivity contribution in [3.05, 3.63) is 40.8 Å². The first-order chi connectivity index (χ1) is 8.08. The van der Waals surface area contributed by atoms with Gasteiger partial charge in [-0.3, -0.25) is 9.89 Å². The first kappa shape index (κ1) is 11.4. The summed E-state index contributed by atoms with van der Waals surface area (Å²) in [6.45, 7) is 0. The van der Waals surface area contributed by atoms with E-state index in [0.29, 0.717) is 5.69 Å². The van der Waals surface area contributed by atoms with Gasteiger partial charge >= 0.3 is 0 Å². The SMILES string of the molecule is Nc1cn[nH]c1NC(=O)c1ccc(F)c(Cl)c1. The Morgan fingerprint density at radius 2 is 2.29 bits per heavy atom. The maximum atomic E-state index is 12.9. The van der Waals surface area contributed by atoms with E-state index in [1.165, 1.54) is 18.3 Å². The molecule has 1 aromatic heterocycles. The Hall–Kier alpha value is -2.08. The lowest BCUT2D eigenvalue weighted by molar-refractivity contribution is 0.102. The van der Waals surface area contributed by atoms with Gasteiger partial charge in [0.15, 0.2) is 5.82 Å². The molecule has 0 spiro atoms. The molecule has 1 aromatic carbocycles. The Labute approximate surface area is 101 Å². The summed E-state index contributed by atoms with van der Waals surface area (Å²) in [5, 5.41) is 8.54. The van der Waals surface area contributed by atoms with Gasteiger partial charge in [0.1, 0.15) is 5.82 Å². The van der Waals surface area contributed by atoms with E-state index in [4.69, 9.17) is 17.3 Å². The van der Waals surface area contributed by atoms with Gasteiger partial charge in [-0.05, 0) is 18.2 Å². The zero-order valence-electron chi connectivity index (χ0n) is 8.50. The maximum Gasteiger partial charge on any atom is 0.256 e. The summed E-state index contributed by atoms with van der Waals surface area (Å²) < 4.78 is 12.9. The Morgan fingerprint density at radius 1 is 1.53 bits per heavy atom. The highest BCUT2D eigenvalue weighted by atomic mass is 35.5. The van der Waals surface area contributed by atoms with Crippen LogP contribution in [0.4, 0.5) is 15.9 Å². The number of hydrogen-bond acceptors (Lipinski definition) is 3. The van der Waals surface area contributed by atoms with Crippen molar-refractivity contribution in [2.24, 2.45) is 0 Å². The van der Waals surface area contributed by atoms with Crippen molar-refractivity contribution in [2.45, 2.75) is 0 Å². The molecule has 2 rings (SSSR count). The van der Waals surface area contributed by atoms with Gasteiger partial charge in [0.2, 0.25) is 0 Å². The maximum absolute atomic E-state index is 12.9. The Morgan fingerprint density at radius 3 is 2.88 bits per heavy atom. The number of halogens is 2. The van der Waals surface area contributed by atoms with Crippen LogP contribution in [0.5, 0.6) is 0 Å². The fraction of sp³-hybridized carbons (Fsp3) is 0. The summed E-state index contributed by atoms with van der Waals surface area (Å²) >= 11 is 5.57. The van der Waals surface area contributed by atoms with E-state index in [1.807, 2.05) is 0 Å². The number of benzene rings is 1. The molecule has 1 amide bonds. The summed E-state index contributed by atoms with van der Waals surface area (Å²) in [5.74, 6) is -0.748. The predicted molar refractivity (Wildman–Crippen MR) is 62.4 cm³/mol. The van der Waals surface area contributed by atoms with Crippen LogP contribution in [0, 0.1) is 5.82 Å². The second-order valence-corrected chi connectivity index (χ2v) is 3.69. The second kappa shape index (κ2) is 4.42. The van der Waals surface area contributed by atoms with E-state index in [9.17, 15) is 9.18 Å². The number of nitrogens with zero attached hydrogens (tertiary/aromatic N) is 1. The number of rotatable bonds is 2. The predicted octanol–water partition coefficient (Wildman–Crippen LogP) is 2.04. The normalized spacial score (nSPS) is 10.2. The van der Waals surface area contributed by atoms with Gasteiger partial charge in [0.05, 0.1) is 16.9 Å². The van der Waals surface area contributed by atoms with Crippen molar-refractivity contribution < 1.29 is 9.18 Å². The quantitative estimate of drug-likeness (QED) is 0.767. The van der Waals surface area contributed by atoms with Gasteiger partial charge in [-0.25, -0.2) is 4.39 Å². The molecule has 0 radical (unpaired) electrons. The molecule has 0 aliphatic rings. The number of aromatic nitrogens is 2. The number of amides is 1. The zero-order valence-corrected chi connectivity index (χ0v) is 9.25. The molecule has 0 aliphatic heterocycles. The van der Waals surface area contributed by atoms with Crippen LogP contribution in [0.25, 0.3) is 0 Å². The third-order valence-corrected chi connectivity index (χ3v) is 2.38. The minimum absolute atomic E-state index is 0.116. The summed E-state index contributed by atoms with van der Waals surface area (Å²) in [6.07, 6.45) is 1.37. The van der Waals surface area contributed by atoms with Gasteiger partial charge in [0.25, 0.3) is 5.91 Å². The number of aromatic amines is 1. The fourth-order valence-electron chi connectivity index (χ4n) is 1.22. The first-order valence-corrected chi connectivity index (χ1v) is 5.01. The van der Waals surface area contributed by atoms with E-state index in [1.54, 1.807) is 0 Å². The molecule has 0 fully saturated rings. The largest absolute Gasteiger partial charge is 0.394 e. The molecular weight excluding hydrogens is 247 g/mol. The van der Waals surface area contributed by atoms with Gasteiger partial charge in [0, 0.05) is 5.56 Å². The van der Waals surface area contributed by atoms with Crippen molar-refractivity contribution in [2.75, 3.05) is 11.1 Å². The monoisotopic (exact) mass is 254 g/mol. The van der Waals surface area contributed by atoms with Crippen LogP contribution in [0.3, 0.4) is 0 Å². The fourth-order valence-corrected chi connectivity index (χ4v) is 1.40. The molecule has 7 heteroatoms. The minimum atomic E-state index is -0.579. The van der Waals surface area contributed by atoms with E-state index in [2.05, 4.69) is 15.5 Å². The summed E-state index contributed by atoms with van der Waals surface area (Å²) in [4.78, 5) is 11.7. The number of hydrogen-bond donors (Lipinski definition) is 3. The summed E-state index contributed by atoms with van der Waals surface area (Å²) in [5.41, 5.74) is 6.07. The van der Waals surface area contributed by atoms with Crippen LogP contribution in [0.1, 0.15) is 10.4 Å². The van der Waals surface area contributed by atoms with Crippen molar-refractivity contribution in [3.8, 4) is 0 Å². The molecule has 0 bridgehead atoms. The van der Waals surface area contributed by atoms with Crippen LogP contribution < -0.4 is 11.1 Å². The second-order valence-electron chi connectivity index (χ2n) is 3.28. The lowest BCUT2D eigenvalue weighted by Crippen LogP contribution is -2.13. The molecule has 0 atom stereocenters. The van der Waals surface area contributed by atoms with Crippen LogP contribution in [0.2, 0.25) is 5.02 Å². The smallest absolute Gasteiger partial charge is 0.256 e. The van der Waals surface area contributed by atoms with Gasteiger partial charge in [-0.1, -0.05) is 11.6 Å². The van der Waals surface area contributed by atoms with Gasteiger partial charge in [-0.2, -0.15) is 5.10 Å². The Kier molecular flexibility index (Phi) is 2.97. The zero-order chi connectivity index (χ0) is 12.4. The van der Waals surface area contributed by atoms with Crippen molar-refractivity contribution in [3.63, 3.8) is 0 Å². The van der Waals surface area contributed by atoms with E-state index in [0.717, 1.165) is 6.07 Å². The molecule has 17 heavy (non-hydrogen) atoms. The van der Waals surface area contributed by atoms with Crippen molar-refractivity contribution >= 4 is 29.0 Å². The highest BCUT2D eigenvalue weighted by molar-refractivity contribution is 6.31. The topological polar surface area (TPSA) is 83.8 Å². The molecule has 4 N–H and O–H groups in total. The van der Waals surface area contributed by atoms with Crippen LogP contribution in [-0.2, 0) is 0 Å². The molecule has 0 saturated carbocycles. The molecule has 88 valence electrons. The standard InChI is InChI=1S/C10H8ClFN4O/c11-6-3-5(1-2-7(6)12)10(17)15-9-8(13)4-14-16-9/h1-4H,13H2,(H2,14,15,16,17). The number of carbonyl (C=O) groups excluding carboxylic acids is 1. The van der Waals surface area contributed by atoms with Crippen LogP contribution >= 0.6 is 11.6 Å². The van der Waals surface area contributed by atoms with E-state index < -0.39 is 11.7 Å². The number of nitrogen functional groups attached to an aromatic ring is 1. The first-order valence-electron chi connectivity index (χ1n) is 4.63. The number of carbonyl (C=O) groups is 1. The molecule has 0 saturated heterocycles. The van der Waals surface area contributed by atoms with E-state index >= 15 is 0 Å². The van der Waals surface area contributed by atoms with E-state index in [-0.39, 0.29) is 16.4 Å². The third kappa shape index (κ3) is 2.36. The van der Waals surface area contributed by atoms with Crippen molar-refractivity contribution in [1.82, 2.24) is 10.2 Å². The lowest BCUT2D eigenvalue weighted by atomic mass is 10.2. The highest BCUT2D eigenvalue weighted by Gasteiger charge is 2.11.